The summed E-state index contributed by atoms with van der Waals surface area (Å²) in [5.41, 5.74) is 2.59. The van der Waals surface area contributed by atoms with Crippen LogP contribution in [0.4, 0.5) is 0 Å². The molecule has 8 nitrogen and oxygen atoms in total. The number of aryl methyl sites for hydroxylation is 2. The number of sulfonamides is 1. The lowest BCUT2D eigenvalue weighted by Gasteiger charge is -2.34. The highest BCUT2D eigenvalue weighted by Gasteiger charge is 2.32. The number of methoxy groups -OCH3 is 1. The van der Waals surface area contributed by atoms with Crippen LogP contribution >= 0.6 is 0 Å². The third kappa shape index (κ3) is 4.01. The number of piperazine rings is 1. The van der Waals surface area contributed by atoms with Gasteiger partial charge in [0.2, 0.25) is 10.0 Å². The Hall–Kier alpha value is -3.17. The Bertz CT molecular complexity index is 1300. The quantitative estimate of drug-likeness (QED) is 0.649. The molecule has 2 heterocycles. The van der Waals surface area contributed by atoms with Crippen LogP contribution in [0.15, 0.2) is 47.4 Å². The minimum absolute atomic E-state index is 0.109. The van der Waals surface area contributed by atoms with Crippen LogP contribution < -0.4 is 4.74 Å². The number of carbonyl (C=O) groups is 1. The van der Waals surface area contributed by atoms with E-state index in [1.807, 2.05) is 24.3 Å². The number of carbonyl (C=O) groups excluding carboxylic acids is 1. The standard InChI is InChI=1S/C23H25N3O5S/c1-15-4-7-21(27)22(12-15)32(29,30)26-10-8-25(9-11-26)23(28)19-13-17-5-6-18(31-3)14-20(17)24-16(19)2/h4-7,12-14,27H,8-11H2,1-3H3. The van der Waals surface area contributed by atoms with Gasteiger partial charge in [-0.1, -0.05) is 6.07 Å². The molecule has 1 aliphatic rings. The SMILES string of the molecule is COc1ccc2cc(C(=O)N3CCN(S(=O)(=O)c4cc(C)ccc4O)CC3)c(C)nc2c1. The molecule has 1 aliphatic heterocycles. The number of nitrogens with zero attached hydrogens (tertiary/aromatic N) is 3. The number of benzene rings is 2. The number of rotatable bonds is 4. The zero-order valence-corrected chi connectivity index (χ0v) is 19.0. The highest BCUT2D eigenvalue weighted by Crippen LogP contribution is 2.28. The fourth-order valence-corrected chi connectivity index (χ4v) is 5.44. The molecule has 2 aromatic carbocycles. The molecule has 1 amide bonds. The van der Waals surface area contributed by atoms with Crippen molar-refractivity contribution in [3.05, 3.63) is 59.3 Å². The summed E-state index contributed by atoms with van der Waals surface area (Å²) in [5.74, 6) is 0.243. The fourth-order valence-electron chi connectivity index (χ4n) is 3.86. The third-order valence-corrected chi connectivity index (χ3v) is 7.63. The number of hydrogen-bond acceptors (Lipinski definition) is 6. The first-order valence-electron chi connectivity index (χ1n) is 10.2. The number of hydrogen-bond donors (Lipinski definition) is 1. The predicted octanol–water partition coefficient (Wildman–Crippen LogP) is 2.71. The largest absolute Gasteiger partial charge is 0.507 e. The van der Waals surface area contributed by atoms with Crippen LogP contribution in [0, 0.1) is 13.8 Å². The Morgan fingerprint density at radius 1 is 1.03 bits per heavy atom. The highest BCUT2D eigenvalue weighted by atomic mass is 32.2. The molecular formula is C23H25N3O5S. The maximum Gasteiger partial charge on any atom is 0.255 e. The molecule has 0 saturated carbocycles. The first kappa shape index (κ1) is 22.0. The van der Waals surface area contributed by atoms with Crippen LogP contribution in [-0.4, -0.2) is 66.9 Å². The van der Waals surface area contributed by atoms with Gasteiger partial charge in [-0.15, -0.1) is 0 Å². The molecule has 4 rings (SSSR count). The molecule has 32 heavy (non-hydrogen) atoms. The van der Waals surface area contributed by atoms with Gasteiger partial charge in [0.25, 0.3) is 5.91 Å². The lowest BCUT2D eigenvalue weighted by Crippen LogP contribution is -2.50. The molecular weight excluding hydrogens is 430 g/mol. The number of amides is 1. The maximum absolute atomic E-state index is 13.2. The molecule has 1 fully saturated rings. The molecule has 0 unspecified atom stereocenters. The number of aromatic hydroxyl groups is 1. The van der Waals surface area contributed by atoms with Gasteiger partial charge in [-0.2, -0.15) is 4.31 Å². The molecule has 9 heteroatoms. The van der Waals surface area contributed by atoms with Crippen molar-refractivity contribution in [2.24, 2.45) is 0 Å². The normalized spacial score (nSPS) is 15.2. The second-order valence-electron chi connectivity index (χ2n) is 7.85. The molecule has 0 radical (unpaired) electrons. The van der Waals surface area contributed by atoms with Gasteiger partial charge in [-0.3, -0.25) is 9.78 Å². The first-order valence-corrected chi connectivity index (χ1v) is 11.7. The Balaban J connectivity index is 1.52. The topological polar surface area (TPSA) is 100 Å². The smallest absolute Gasteiger partial charge is 0.255 e. The zero-order valence-electron chi connectivity index (χ0n) is 18.2. The van der Waals surface area contributed by atoms with Gasteiger partial charge in [0, 0.05) is 37.6 Å². The fraction of sp³-hybridized carbons (Fsp3) is 0.304. The summed E-state index contributed by atoms with van der Waals surface area (Å²) in [7, 11) is -2.26. The summed E-state index contributed by atoms with van der Waals surface area (Å²) >= 11 is 0. The van der Waals surface area contributed by atoms with Crippen LogP contribution in [-0.2, 0) is 10.0 Å². The second kappa shape index (κ2) is 8.40. The zero-order chi connectivity index (χ0) is 23.0. The van der Waals surface area contributed by atoms with Crippen molar-refractivity contribution in [2.45, 2.75) is 18.7 Å². The van der Waals surface area contributed by atoms with E-state index in [0.29, 0.717) is 17.0 Å². The molecule has 0 atom stereocenters. The summed E-state index contributed by atoms with van der Waals surface area (Å²) in [5, 5.41) is 10.9. The Labute approximate surface area is 187 Å². The van der Waals surface area contributed by atoms with E-state index in [0.717, 1.165) is 16.5 Å². The van der Waals surface area contributed by atoms with Crippen molar-refractivity contribution in [3.63, 3.8) is 0 Å². The van der Waals surface area contributed by atoms with E-state index in [1.165, 1.54) is 16.4 Å². The van der Waals surface area contributed by atoms with Crippen LogP contribution in [0.1, 0.15) is 21.6 Å². The van der Waals surface area contributed by atoms with Crippen molar-refractivity contribution in [2.75, 3.05) is 33.3 Å². The van der Waals surface area contributed by atoms with E-state index in [1.54, 1.807) is 31.9 Å². The summed E-state index contributed by atoms with van der Waals surface area (Å²) in [6.07, 6.45) is 0. The second-order valence-corrected chi connectivity index (χ2v) is 9.75. The number of aromatic nitrogens is 1. The van der Waals surface area contributed by atoms with Crippen molar-refractivity contribution >= 4 is 26.8 Å². The Morgan fingerprint density at radius 2 is 1.75 bits per heavy atom. The average Bonchev–Trinajstić information content (AvgIpc) is 2.79. The molecule has 168 valence electrons. The van der Waals surface area contributed by atoms with Crippen molar-refractivity contribution < 1.29 is 23.1 Å². The van der Waals surface area contributed by atoms with Gasteiger partial charge in [-0.05, 0) is 49.7 Å². The Morgan fingerprint density at radius 3 is 2.44 bits per heavy atom. The van der Waals surface area contributed by atoms with Crippen LogP contribution in [0.25, 0.3) is 10.9 Å². The van der Waals surface area contributed by atoms with Gasteiger partial charge < -0.3 is 14.7 Å². The van der Waals surface area contributed by atoms with Crippen LogP contribution in [0.3, 0.4) is 0 Å². The number of ether oxygens (including phenoxy) is 1. The number of pyridine rings is 1. The van der Waals surface area contributed by atoms with Gasteiger partial charge >= 0.3 is 0 Å². The molecule has 0 aliphatic carbocycles. The van der Waals surface area contributed by atoms with E-state index >= 15 is 0 Å². The molecule has 1 N–H and O–H groups in total. The van der Waals surface area contributed by atoms with Gasteiger partial charge in [-0.25, -0.2) is 8.42 Å². The number of phenols is 1. The van der Waals surface area contributed by atoms with E-state index < -0.39 is 10.0 Å². The summed E-state index contributed by atoms with van der Waals surface area (Å²) < 4.78 is 32.5. The Kier molecular flexibility index (Phi) is 5.79. The first-order chi connectivity index (χ1) is 15.2. The summed E-state index contributed by atoms with van der Waals surface area (Å²) in [6.45, 7) is 4.37. The van der Waals surface area contributed by atoms with Gasteiger partial charge in [0.05, 0.1) is 23.9 Å². The lowest BCUT2D eigenvalue weighted by molar-refractivity contribution is 0.0696. The van der Waals surface area contributed by atoms with Gasteiger partial charge in [0.1, 0.15) is 16.4 Å². The lowest BCUT2D eigenvalue weighted by atomic mass is 10.1. The van der Waals surface area contributed by atoms with Crippen LogP contribution in [0.2, 0.25) is 0 Å². The van der Waals surface area contributed by atoms with Crippen molar-refractivity contribution in [3.8, 4) is 11.5 Å². The van der Waals surface area contributed by atoms with Gasteiger partial charge in [0.15, 0.2) is 0 Å². The molecule has 1 saturated heterocycles. The molecule has 1 aromatic heterocycles. The minimum Gasteiger partial charge on any atom is -0.507 e. The predicted molar refractivity (Wildman–Crippen MR) is 121 cm³/mol. The summed E-state index contributed by atoms with van der Waals surface area (Å²) in [6, 6.07) is 11.8. The maximum atomic E-state index is 13.2. The van der Waals surface area contributed by atoms with Crippen molar-refractivity contribution in [1.29, 1.82) is 0 Å². The molecule has 0 bridgehead atoms. The van der Waals surface area contributed by atoms with Crippen molar-refractivity contribution in [1.82, 2.24) is 14.2 Å². The highest BCUT2D eigenvalue weighted by molar-refractivity contribution is 7.89. The molecule has 3 aromatic rings. The minimum atomic E-state index is -3.85. The van der Waals surface area contributed by atoms with E-state index in [4.69, 9.17) is 4.74 Å². The molecule has 0 spiro atoms. The van der Waals surface area contributed by atoms with E-state index in [-0.39, 0.29) is 42.7 Å². The third-order valence-electron chi connectivity index (χ3n) is 5.70. The number of phenolic OH excluding ortho intramolecular Hbond substituents is 1. The average molecular weight is 456 g/mol. The van der Waals surface area contributed by atoms with E-state index in [2.05, 4.69) is 4.98 Å². The summed E-state index contributed by atoms with van der Waals surface area (Å²) in [4.78, 5) is 19.2. The van der Waals surface area contributed by atoms with Crippen LogP contribution in [0.5, 0.6) is 11.5 Å². The van der Waals surface area contributed by atoms with E-state index in [9.17, 15) is 18.3 Å². The number of fused-ring (bicyclic) bond motifs is 1. The monoisotopic (exact) mass is 455 g/mol.